The van der Waals surface area contributed by atoms with E-state index in [1.165, 1.54) is 6.92 Å². The van der Waals surface area contributed by atoms with Crippen LogP contribution in [0.15, 0.2) is 30.3 Å². The van der Waals surface area contributed by atoms with E-state index in [-0.39, 0.29) is 12.6 Å². The van der Waals surface area contributed by atoms with E-state index >= 15 is 0 Å². The van der Waals surface area contributed by atoms with Crippen LogP contribution in [0.4, 0.5) is 0 Å². The summed E-state index contributed by atoms with van der Waals surface area (Å²) in [5.74, 6) is -0.319. The van der Waals surface area contributed by atoms with Gasteiger partial charge in [0.1, 0.15) is 0 Å². The molecule has 0 saturated carbocycles. The predicted octanol–water partition coefficient (Wildman–Crippen LogP) is 2.58. The molecule has 0 spiro atoms. The molecule has 1 aromatic carbocycles. The van der Waals surface area contributed by atoms with Crippen molar-refractivity contribution in [3.63, 3.8) is 0 Å². The molecule has 1 unspecified atom stereocenters. The third-order valence-electron chi connectivity index (χ3n) is 2.39. The summed E-state index contributed by atoms with van der Waals surface area (Å²) in [5, 5.41) is 0.717. The molecule has 0 fully saturated rings. The molecule has 100 valence electrons. The standard InChI is InChI=1S/C13H19O4P/c1-3-17-18(15,11-7-10-16-12(2)14)13-8-5-4-6-9-13/h4-6,8-9H,3,7,10-11H2,1-2H3. The molecule has 0 aliphatic rings. The molecule has 0 aromatic heterocycles. The van der Waals surface area contributed by atoms with Crippen LogP contribution in [0.1, 0.15) is 20.3 Å². The maximum absolute atomic E-state index is 12.7. The third-order valence-corrected chi connectivity index (χ3v) is 5.05. The van der Waals surface area contributed by atoms with E-state index in [0.29, 0.717) is 19.2 Å². The lowest BCUT2D eigenvalue weighted by Gasteiger charge is -2.17. The fourth-order valence-electron chi connectivity index (χ4n) is 1.62. The van der Waals surface area contributed by atoms with Crippen LogP contribution in [0.25, 0.3) is 0 Å². The molecule has 1 atom stereocenters. The zero-order valence-electron chi connectivity index (χ0n) is 10.8. The number of carbonyl (C=O) groups excluding carboxylic acids is 1. The maximum atomic E-state index is 12.7. The van der Waals surface area contributed by atoms with Crippen LogP contribution in [-0.4, -0.2) is 25.3 Å². The smallest absolute Gasteiger partial charge is 0.302 e. The van der Waals surface area contributed by atoms with Crippen LogP contribution in [0, 0.1) is 0 Å². The van der Waals surface area contributed by atoms with Gasteiger partial charge in [0.15, 0.2) is 0 Å². The summed E-state index contributed by atoms with van der Waals surface area (Å²) in [5.41, 5.74) is 0. The molecule has 18 heavy (non-hydrogen) atoms. The molecular formula is C13H19O4P. The Bertz CT molecular complexity index is 416. The molecule has 0 bridgehead atoms. The van der Waals surface area contributed by atoms with Gasteiger partial charge in [-0.2, -0.15) is 0 Å². The van der Waals surface area contributed by atoms with Crippen molar-refractivity contribution in [3.05, 3.63) is 30.3 Å². The van der Waals surface area contributed by atoms with Crippen LogP contribution >= 0.6 is 7.37 Å². The van der Waals surface area contributed by atoms with Crippen LogP contribution in [-0.2, 0) is 18.6 Å². The maximum Gasteiger partial charge on any atom is 0.302 e. The summed E-state index contributed by atoms with van der Waals surface area (Å²) in [6.45, 7) is 3.86. The van der Waals surface area contributed by atoms with Crippen molar-refractivity contribution < 1.29 is 18.6 Å². The van der Waals surface area contributed by atoms with Gasteiger partial charge in [-0.25, -0.2) is 0 Å². The van der Waals surface area contributed by atoms with Crippen molar-refractivity contribution >= 4 is 18.6 Å². The van der Waals surface area contributed by atoms with Crippen LogP contribution < -0.4 is 5.30 Å². The largest absolute Gasteiger partial charge is 0.466 e. The van der Waals surface area contributed by atoms with Crippen LogP contribution in [0.3, 0.4) is 0 Å². The first-order valence-electron chi connectivity index (χ1n) is 6.01. The molecule has 0 aliphatic carbocycles. The molecule has 5 heteroatoms. The fourth-order valence-corrected chi connectivity index (χ4v) is 3.75. The monoisotopic (exact) mass is 270 g/mol. The Labute approximate surface area is 108 Å². The van der Waals surface area contributed by atoms with E-state index in [1.807, 2.05) is 37.3 Å². The van der Waals surface area contributed by atoms with Crippen molar-refractivity contribution in [3.8, 4) is 0 Å². The Morgan fingerprint density at radius 3 is 2.50 bits per heavy atom. The second-order valence-electron chi connectivity index (χ2n) is 3.84. The first-order chi connectivity index (χ1) is 8.58. The minimum Gasteiger partial charge on any atom is -0.466 e. The van der Waals surface area contributed by atoms with Gasteiger partial charge in [0.05, 0.1) is 13.2 Å². The minimum absolute atomic E-state index is 0.277. The lowest BCUT2D eigenvalue weighted by molar-refractivity contribution is -0.140. The first kappa shape index (κ1) is 14.9. The molecule has 0 saturated heterocycles. The highest BCUT2D eigenvalue weighted by Gasteiger charge is 2.24. The van der Waals surface area contributed by atoms with Gasteiger partial charge in [0, 0.05) is 18.4 Å². The summed E-state index contributed by atoms with van der Waals surface area (Å²) in [7, 11) is -2.82. The van der Waals surface area contributed by atoms with Crippen molar-refractivity contribution in [1.82, 2.24) is 0 Å². The average Bonchev–Trinajstić information content (AvgIpc) is 2.36. The molecule has 0 N–H and O–H groups in total. The van der Waals surface area contributed by atoms with Gasteiger partial charge in [0.25, 0.3) is 0 Å². The summed E-state index contributed by atoms with van der Waals surface area (Å²) in [6, 6.07) is 9.17. The molecule has 0 radical (unpaired) electrons. The number of ether oxygens (including phenoxy) is 1. The summed E-state index contributed by atoms with van der Waals surface area (Å²) in [4.78, 5) is 10.6. The SMILES string of the molecule is CCOP(=O)(CCCOC(C)=O)c1ccccc1. The number of hydrogen-bond donors (Lipinski definition) is 0. The number of hydrogen-bond acceptors (Lipinski definition) is 4. The first-order valence-corrected chi connectivity index (χ1v) is 7.82. The molecular weight excluding hydrogens is 251 g/mol. The number of rotatable bonds is 7. The Balaban J connectivity index is 2.64. The zero-order chi connectivity index (χ0) is 13.4. The van der Waals surface area contributed by atoms with E-state index in [0.717, 1.165) is 5.30 Å². The Hall–Kier alpha value is -1.12. The second kappa shape index (κ2) is 7.34. The van der Waals surface area contributed by atoms with E-state index in [2.05, 4.69) is 0 Å². The second-order valence-corrected chi connectivity index (χ2v) is 6.41. The van der Waals surface area contributed by atoms with Gasteiger partial charge in [0.2, 0.25) is 7.37 Å². The molecule has 4 nitrogen and oxygen atoms in total. The van der Waals surface area contributed by atoms with E-state index in [9.17, 15) is 9.36 Å². The minimum atomic E-state index is -2.82. The molecule has 0 heterocycles. The highest BCUT2D eigenvalue weighted by atomic mass is 31.2. The number of esters is 1. The summed E-state index contributed by atoms with van der Waals surface area (Å²) >= 11 is 0. The molecule has 0 aliphatic heterocycles. The number of carbonyl (C=O) groups is 1. The average molecular weight is 270 g/mol. The van der Waals surface area contributed by atoms with Crippen molar-refractivity contribution in [2.45, 2.75) is 20.3 Å². The van der Waals surface area contributed by atoms with E-state index in [1.54, 1.807) is 0 Å². The highest BCUT2D eigenvalue weighted by molar-refractivity contribution is 7.67. The lowest BCUT2D eigenvalue weighted by atomic mass is 10.4. The topological polar surface area (TPSA) is 52.6 Å². The summed E-state index contributed by atoms with van der Waals surface area (Å²) in [6.07, 6.45) is 0.921. The van der Waals surface area contributed by atoms with Crippen molar-refractivity contribution in [2.75, 3.05) is 19.4 Å². The Morgan fingerprint density at radius 2 is 1.94 bits per heavy atom. The quantitative estimate of drug-likeness (QED) is 0.434. The van der Waals surface area contributed by atoms with Gasteiger partial charge in [-0.3, -0.25) is 9.36 Å². The molecule has 1 rings (SSSR count). The van der Waals surface area contributed by atoms with Crippen molar-refractivity contribution in [1.29, 1.82) is 0 Å². The summed E-state index contributed by atoms with van der Waals surface area (Å²) < 4.78 is 23.0. The molecule has 1 aromatic rings. The van der Waals surface area contributed by atoms with Crippen LogP contribution in [0.2, 0.25) is 0 Å². The molecule has 0 amide bonds. The third kappa shape index (κ3) is 4.63. The van der Waals surface area contributed by atoms with Gasteiger partial charge in [-0.05, 0) is 25.5 Å². The van der Waals surface area contributed by atoms with Gasteiger partial charge in [-0.15, -0.1) is 0 Å². The normalized spacial score (nSPS) is 13.9. The van der Waals surface area contributed by atoms with Crippen molar-refractivity contribution in [2.24, 2.45) is 0 Å². The van der Waals surface area contributed by atoms with E-state index < -0.39 is 7.37 Å². The van der Waals surface area contributed by atoms with Crippen LogP contribution in [0.5, 0.6) is 0 Å². The van der Waals surface area contributed by atoms with Gasteiger partial charge < -0.3 is 9.26 Å². The Morgan fingerprint density at radius 1 is 1.28 bits per heavy atom. The zero-order valence-corrected chi connectivity index (χ0v) is 11.7. The Kier molecular flexibility index (Phi) is 6.10. The van der Waals surface area contributed by atoms with E-state index in [4.69, 9.17) is 9.26 Å². The highest BCUT2D eigenvalue weighted by Crippen LogP contribution is 2.45. The lowest BCUT2D eigenvalue weighted by Crippen LogP contribution is -2.12. The van der Waals surface area contributed by atoms with Gasteiger partial charge in [-0.1, -0.05) is 18.2 Å². The predicted molar refractivity (Wildman–Crippen MR) is 71.4 cm³/mol. The number of benzene rings is 1. The van der Waals surface area contributed by atoms with Gasteiger partial charge >= 0.3 is 5.97 Å². The fraction of sp³-hybridized carbons (Fsp3) is 0.462.